The summed E-state index contributed by atoms with van der Waals surface area (Å²) in [6, 6.07) is -0.175. The Balaban J connectivity index is 0. The molecule has 0 aromatic heterocycles. The molecule has 0 radical (unpaired) electrons. The van der Waals surface area contributed by atoms with Crippen LogP contribution in [0, 0.1) is 7.43 Å². The van der Waals surface area contributed by atoms with E-state index >= 15 is 0 Å². The molecule has 15 heavy (non-hydrogen) atoms. The van der Waals surface area contributed by atoms with Gasteiger partial charge in [0.1, 0.15) is 0 Å². The standard InChI is InChI=1S/C11H23NO2.CH3/c1-3-4-5-6-7-8-9-10(12)11(13)14-2;/h10H,3-9,12H2,1-2H3;1H3/q;-1/p+1. The molecule has 0 spiro atoms. The lowest BCUT2D eigenvalue weighted by Crippen LogP contribution is -2.65. The van der Waals surface area contributed by atoms with Gasteiger partial charge < -0.3 is 17.9 Å². The minimum absolute atomic E-state index is 0. The van der Waals surface area contributed by atoms with Crippen molar-refractivity contribution in [2.24, 2.45) is 0 Å². The van der Waals surface area contributed by atoms with Gasteiger partial charge in [0, 0.05) is 6.42 Å². The lowest BCUT2D eigenvalue weighted by atomic mass is 10.1. The minimum atomic E-state index is -0.182. The summed E-state index contributed by atoms with van der Waals surface area (Å²) in [5.74, 6) is -0.182. The lowest BCUT2D eigenvalue weighted by molar-refractivity contribution is -0.409. The van der Waals surface area contributed by atoms with Crippen LogP contribution in [0.5, 0.6) is 0 Å². The number of ether oxygens (including phenoxy) is 1. The second kappa shape index (κ2) is 11.5. The Hall–Kier alpha value is -0.570. The van der Waals surface area contributed by atoms with Gasteiger partial charge in [-0.25, -0.2) is 4.79 Å². The topological polar surface area (TPSA) is 53.9 Å². The first-order valence-corrected chi connectivity index (χ1v) is 5.63. The van der Waals surface area contributed by atoms with E-state index in [-0.39, 0.29) is 19.4 Å². The summed E-state index contributed by atoms with van der Waals surface area (Å²) >= 11 is 0. The first kappa shape index (κ1) is 16.8. The molecule has 1 unspecified atom stereocenters. The van der Waals surface area contributed by atoms with Crippen molar-refractivity contribution in [3.05, 3.63) is 7.43 Å². The second-order valence-electron chi connectivity index (χ2n) is 3.78. The van der Waals surface area contributed by atoms with E-state index in [2.05, 4.69) is 17.4 Å². The number of carbonyl (C=O) groups excluding carboxylic acids is 1. The molecule has 0 rings (SSSR count). The van der Waals surface area contributed by atoms with E-state index < -0.39 is 0 Å². The molecular formula is C12H27NO2. The van der Waals surface area contributed by atoms with E-state index in [9.17, 15) is 4.79 Å². The van der Waals surface area contributed by atoms with Crippen LogP contribution in [-0.2, 0) is 9.53 Å². The van der Waals surface area contributed by atoms with Gasteiger partial charge in [0.2, 0.25) is 0 Å². The molecular weight excluding hydrogens is 190 g/mol. The summed E-state index contributed by atoms with van der Waals surface area (Å²) < 4.78 is 4.61. The third-order valence-corrected chi connectivity index (χ3v) is 2.44. The molecule has 0 aliphatic heterocycles. The number of hydrogen-bond donors (Lipinski definition) is 1. The maximum atomic E-state index is 11.0. The van der Waals surface area contributed by atoms with Gasteiger partial charge in [0.05, 0.1) is 7.11 Å². The number of methoxy groups -OCH3 is 1. The third kappa shape index (κ3) is 9.73. The monoisotopic (exact) mass is 217 g/mol. The van der Waals surface area contributed by atoms with E-state index in [1.807, 2.05) is 0 Å². The van der Waals surface area contributed by atoms with Crippen LogP contribution < -0.4 is 5.73 Å². The first-order valence-electron chi connectivity index (χ1n) is 5.63. The zero-order chi connectivity index (χ0) is 10.8. The molecule has 3 heteroatoms. The average Bonchev–Trinajstić information content (AvgIpc) is 2.21. The minimum Gasteiger partial charge on any atom is -0.465 e. The summed E-state index contributed by atoms with van der Waals surface area (Å²) in [6.45, 7) is 2.21. The van der Waals surface area contributed by atoms with E-state index in [0.717, 1.165) is 12.8 Å². The number of unbranched alkanes of at least 4 members (excludes halogenated alkanes) is 5. The summed E-state index contributed by atoms with van der Waals surface area (Å²) in [5.41, 5.74) is 3.77. The zero-order valence-corrected chi connectivity index (χ0v) is 10.6. The highest BCUT2D eigenvalue weighted by Crippen LogP contribution is 2.07. The van der Waals surface area contributed by atoms with Crippen LogP contribution in [0.3, 0.4) is 0 Å². The van der Waals surface area contributed by atoms with Gasteiger partial charge in [-0.1, -0.05) is 39.0 Å². The fraction of sp³-hybridized carbons (Fsp3) is 0.833. The highest BCUT2D eigenvalue weighted by Gasteiger charge is 2.16. The predicted octanol–water partition coefficient (Wildman–Crippen LogP) is 1.97. The van der Waals surface area contributed by atoms with Crippen molar-refractivity contribution in [2.75, 3.05) is 7.11 Å². The summed E-state index contributed by atoms with van der Waals surface area (Å²) in [7, 11) is 1.42. The van der Waals surface area contributed by atoms with E-state index in [0.29, 0.717) is 0 Å². The van der Waals surface area contributed by atoms with E-state index in [1.165, 1.54) is 39.2 Å². The molecule has 0 fully saturated rings. The molecule has 0 aromatic rings. The van der Waals surface area contributed by atoms with Crippen LogP contribution >= 0.6 is 0 Å². The maximum Gasteiger partial charge on any atom is 0.364 e. The quantitative estimate of drug-likeness (QED) is 0.384. The molecule has 0 bridgehead atoms. The Bertz CT molecular complexity index is 149. The molecule has 0 amide bonds. The number of quaternary nitrogens is 1. The first-order chi connectivity index (χ1) is 6.72. The van der Waals surface area contributed by atoms with Gasteiger partial charge in [-0.3, -0.25) is 0 Å². The zero-order valence-electron chi connectivity index (χ0n) is 10.6. The van der Waals surface area contributed by atoms with Crippen molar-refractivity contribution >= 4 is 5.97 Å². The van der Waals surface area contributed by atoms with Crippen molar-refractivity contribution in [1.29, 1.82) is 0 Å². The SMILES string of the molecule is CCCCCCCCC([NH3+])C(=O)OC.[CH3-]. The Kier molecular flexibility index (Phi) is 12.9. The van der Waals surface area contributed by atoms with Crippen molar-refractivity contribution in [1.82, 2.24) is 0 Å². The number of carbonyl (C=O) groups is 1. The highest BCUT2D eigenvalue weighted by molar-refractivity contribution is 5.73. The van der Waals surface area contributed by atoms with Crippen LogP contribution in [0.2, 0.25) is 0 Å². The number of esters is 1. The van der Waals surface area contributed by atoms with Gasteiger partial charge >= 0.3 is 5.97 Å². The molecule has 0 aromatic carbocycles. The molecule has 0 saturated carbocycles. The third-order valence-electron chi connectivity index (χ3n) is 2.44. The predicted molar refractivity (Wildman–Crippen MR) is 63.1 cm³/mol. The molecule has 0 aliphatic rings. The molecule has 3 N–H and O–H groups in total. The van der Waals surface area contributed by atoms with Gasteiger partial charge in [-0.2, -0.15) is 0 Å². The van der Waals surface area contributed by atoms with Gasteiger partial charge in [0.25, 0.3) is 0 Å². The van der Waals surface area contributed by atoms with Gasteiger partial charge in [-0.05, 0) is 6.42 Å². The Morgan fingerprint density at radius 3 is 2.27 bits per heavy atom. The van der Waals surface area contributed by atoms with Crippen LogP contribution in [0.15, 0.2) is 0 Å². The Morgan fingerprint density at radius 2 is 1.73 bits per heavy atom. The molecule has 0 heterocycles. The Morgan fingerprint density at radius 1 is 1.20 bits per heavy atom. The second-order valence-corrected chi connectivity index (χ2v) is 3.78. The molecule has 3 nitrogen and oxygen atoms in total. The van der Waals surface area contributed by atoms with Crippen molar-refractivity contribution in [2.45, 2.75) is 57.9 Å². The molecule has 1 atom stereocenters. The number of rotatable bonds is 8. The Labute approximate surface area is 94.4 Å². The van der Waals surface area contributed by atoms with Gasteiger partial charge in [0.15, 0.2) is 6.04 Å². The van der Waals surface area contributed by atoms with Crippen LogP contribution in [0.1, 0.15) is 51.9 Å². The average molecular weight is 217 g/mol. The fourth-order valence-corrected chi connectivity index (χ4v) is 1.46. The highest BCUT2D eigenvalue weighted by atomic mass is 16.5. The fourth-order valence-electron chi connectivity index (χ4n) is 1.46. The summed E-state index contributed by atoms with van der Waals surface area (Å²) in [5, 5.41) is 0. The van der Waals surface area contributed by atoms with Crippen LogP contribution in [0.4, 0.5) is 0 Å². The molecule has 0 aliphatic carbocycles. The number of hydrogen-bond acceptors (Lipinski definition) is 2. The molecule has 92 valence electrons. The van der Waals surface area contributed by atoms with Crippen molar-refractivity contribution in [3.63, 3.8) is 0 Å². The lowest BCUT2D eigenvalue weighted by Gasteiger charge is -2.05. The van der Waals surface area contributed by atoms with Crippen molar-refractivity contribution < 1.29 is 15.3 Å². The van der Waals surface area contributed by atoms with E-state index in [4.69, 9.17) is 0 Å². The maximum absolute atomic E-state index is 11.0. The van der Waals surface area contributed by atoms with E-state index in [1.54, 1.807) is 0 Å². The largest absolute Gasteiger partial charge is 0.465 e. The van der Waals surface area contributed by atoms with Crippen LogP contribution in [-0.4, -0.2) is 19.1 Å². The van der Waals surface area contributed by atoms with Crippen LogP contribution in [0.25, 0.3) is 0 Å². The smallest absolute Gasteiger partial charge is 0.364 e. The van der Waals surface area contributed by atoms with Crippen molar-refractivity contribution in [3.8, 4) is 0 Å². The normalized spacial score (nSPS) is 11.7. The van der Waals surface area contributed by atoms with Gasteiger partial charge in [-0.15, -0.1) is 0 Å². The summed E-state index contributed by atoms with van der Waals surface area (Å²) in [4.78, 5) is 11.0. The summed E-state index contributed by atoms with van der Waals surface area (Å²) in [6.07, 6.45) is 8.36. The molecule has 0 saturated heterocycles.